The lowest BCUT2D eigenvalue weighted by Gasteiger charge is -2.20. The van der Waals surface area contributed by atoms with Crippen LogP contribution >= 0.6 is 11.8 Å². The van der Waals surface area contributed by atoms with Gasteiger partial charge in [-0.3, -0.25) is 0 Å². The van der Waals surface area contributed by atoms with Gasteiger partial charge in [0, 0.05) is 28.8 Å². The Hall–Kier alpha value is -1.43. The van der Waals surface area contributed by atoms with Gasteiger partial charge in [-0.05, 0) is 48.9 Å². The quantitative estimate of drug-likeness (QED) is 0.635. The molecule has 0 amide bonds. The fourth-order valence-electron chi connectivity index (χ4n) is 2.75. The normalized spacial score (nSPS) is 15.4. The number of hydrogen-bond donors (Lipinski definition) is 2. The third kappa shape index (κ3) is 5.29. The largest absolute Gasteiger partial charge is 0.395 e. The summed E-state index contributed by atoms with van der Waals surface area (Å²) in [5.41, 5.74) is 2.18. The predicted octanol–water partition coefficient (Wildman–Crippen LogP) is 4.50. The van der Waals surface area contributed by atoms with Crippen LogP contribution < -0.4 is 5.32 Å². The summed E-state index contributed by atoms with van der Waals surface area (Å²) < 4.78 is 14.2. The molecule has 0 saturated heterocycles. The maximum absolute atomic E-state index is 14.2. The molecule has 1 aliphatic rings. The van der Waals surface area contributed by atoms with Crippen LogP contribution in [-0.2, 0) is 6.54 Å². The fraction of sp³-hybridized carbons (Fsp3) is 0.476. The third-order valence-corrected chi connectivity index (χ3v) is 5.99. The summed E-state index contributed by atoms with van der Waals surface area (Å²) in [6.45, 7) is 4.39. The molecule has 26 heavy (non-hydrogen) atoms. The van der Waals surface area contributed by atoms with Crippen molar-refractivity contribution in [3.8, 4) is 11.3 Å². The molecule has 1 fully saturated rings. The highest BCUT2D eigenvalue weighted by Crippen LogP contribution is 2.35. The monoisotopic (exact) mass is 374 g/mol. The van der Waals surface area contributed by atoms with Crippen LogP contribution in [0.3, 0.4) is 0 Å². The average Bonchev–Trinajstić information content (AvgIpc) is 3.46. The standard InChI is InChI=1S/C21H27FN2OS/c1-14(2)21(12-25)23-11-20-18(22)8-9-19(24-20)16-4-3-5-17(10-16)26-13-15-6-7-15/h3-5,8-10,14-15,21,23,25H,6-7,11-13H2,1-2H3/t21-/m0/s1. The molecule has 0 unspecified atom stereocenters. The first kappa shape index (κ1) is 19.3. The molecular weight excluding hydrogens is 347 g/mol. The molecule has 1 aliphatic carbocycles. The lowest BCUT2D eigenvalue weighted by atomic mass is 10.1. The second-order valence-electron chi connectivity index (χ2n) is 7.32. The molecule has 0 bridgehead atoms. The Morgan fingerprint density at radius 3 is 2.77 bits per heavy atom. The molecule has 0 spiro atoms. The van der Waals surface area contributed by atoms with E-state index in [1.807, 2.05) is 37.7 Å². The van der Waals surface area contributed by atoms with Crippen LogP contribution in [0.2, 0.25) is 0 Å². The van der Waals surface area contributed by atoms with Gasteiger partial charge in [-0.25, -0.2) is 9.37 Å². The SMILES string of the molecule is CC(C)[C@H](CO)NCc1nc(-c2cccc(SCC3CC3)c2)ccc1F. The topological polar surface area (TPSA) is 45.1 Å². The van der Waals surface area contributed by atoms with E-state index in [-0.39, 0.29) is 24.4 Å². The minimum atomic E-state index is -0.319. The molecule has 3 nitrogen and oxygen atoms in total. The van der Waals surface area contributed by atoms with Gasteiger partial charge in [-0.2, -0.15) is 0 Å². The zero-order valence-electron chi connectivity index (χ0n) is 15.4. The average molecular weight is 375 g/mol. The van der Waals surface area contributed by atoms with Crippen molar-refractivity contribution in [1.29, 1.82) is 0 Å². The van der Waals surface area contributed by atoms with E-state index in [4.69, 9.17) is 0 Å². The number of hydrogen-bond acceptors (Lipinski definition) is 4. The number of pyridine rings is 1. The molecule has 2 N–H and O–H groups in total. The van der Waals surface area contributed by atoms with Gasteiger partial charge in [0.25, 0.3) is 0 Å². The Bertz CT molecular complexity index is 734. The zero-order valence-corrected chi connectivity index (χ0v) is 16.2. The lowest BCUT2D eigenvalue weighted by molar-refractivity contribution is 0.209. The Morgan fingerprint density at radius 1 is 1.27 bits per heavy atom. The molecule has 5 heteroatoms. The molecule has 0 radical (unpaired) electrons. The first-order chi connectivity index (χ1) is 12.6. The molecular formula is C21H27FN2OS. The second kappa shape index (κ2) is 8.98. The van der Waals surface area contributed by atoms with Gasteiger partial charge < -0.3 is 10.4 Å². The van der Waals surface area contributed by atoms with E-state index in [1.165, 1.54) is 29.6 Å². The van der Waals surface area contributed by atoms with Gasteiger partial charge in [0.05, 0.1) is 18.0 Å². The number of halogens is 1. The molecule has 1 atom stereocenters. The first-order valence-electron chi connectivity index (χ1n) is 9.29. The number of aromatic nitrogens is 1. The van der Waals surface area contributed by atoms with Crippen molar-refractivity contribution < 1.29 is 9.50 Å². The second-order valence-corrected chi connectivity index (χ2v) is 8.41. The Morgan fingerprint density at radius 2 is 2.08 bits per heavy atom. The molecule has 1 heterocycles. The summed E-state index contributed by atoms with van der Waals surface area (Å²) in [6.07, 6.45) is 2.71. The van der Waals surface area contributed by atoms with Crippen LogP contribution in [0.25, 0.3) is 11.3 Å². The smallest absolute Gasteiger partial charge is 0.146 e. The Labute approximate surface area is 159 Å². The van der Waals surface area contributed by atoms with Crippen LogP contribution in [0.1, 0.15) is 32.4 Å². The van der Waals surface area contributed by atoms with Crippen molar-refractivity contribution in [3.63, 3.8) is 0 Å². The number of aliphatic hydroxyl groups is 1. The van der Waals surface area contributed by atoms with Crippen molar-refractivity contribution in [2.45, 2.75) is 44.2 Å². The van der Waals surface area contributed by atoms with Gasteiger partial charge in [-0.15, -0.1) is 11.8 Å². The van der Waals surface area contributed by atoms with Crippen molar-refractivity contribution in [3.05, 3.63) is 47.9 Å². The fourth-order valence-corrected chi connectivity index (χ4v) is 3.90. The number of rotatable bonds is 9. The number of aliphatic hydroxyl groups excluding tert-OH is 1. The minimum absolute atomic E-state index is 0.0270. The molecule has 0 aliphatic heterocycles. The van der Waals surface area contributed by atoms with Gasteiger partial charge >= 0.3 is 0 Å². The van der Waals surface area contributed by atoms with Gasteiger partial charge in [0.15, 0.2) is 0 Å². The Balaban J connectivity index is 1.72. The summed E-state index contributed by atoms with van der Waals surface area (Å²) in [5, 5.41) is 12.6. The van der Waals surface area contributed by atoms with Crippen molar-refractivity contribution in [2.75, 3.05) is 12.4 Å². The van der Waals surface area contributed by atoms with Gasteiger partial charge in [-0.1, -0.05) is 26.0 Å². The van der Waals surface area contributed by atoms with E-state index in [0.717, 1.165) is 17.2 Å². The van der Waals surface area contributed by atoms with E-state index < -0.39 is 0 Å². The lowest BCUT2D eigenvalue weighted by Crippen LogP contribution is -2.36. The minimum Gasteiger partial charge on any atom is -0.395 e. The van der Waals surface area contributed by atoms with Crippen LogP contribution in [0.5, 0.6) is 0 Å². The summed E-state index contributed by atoms with van der Waals surface area (Å²) >= 11 is 1.89. The number of nitrogens with zero attached hydrogens (tertiary/aromatic N) is 1. The molecule has 140 valence electrons. The summed E-state index contributed by atoms with van der Waals surface area (Å²) in [4.78, 5) is 5.76. The van der Waals surface area contributed by atoms with Gasteiger partial charge in [0.1, 0.15) is 5.82 Å². The first-order valence-corrected chi connectivity index (χ1v) is 10.3. The van der Waals surface area contributed by atoms with Gasteiger partial charge in [0.2, 0.25) is 0 Å². The predicted molar refractivity (Wildman–Crippen MR) is 106 cm³/mol. The van der Waals surface area contributed by atoms with E-state index in [2.05, 4.69) is 22.4 Å². The molecule has 2 aromatic rings. The highest BCUT2D eigenvalue weighted by Gasteiger charge is 2.21. The highest BCUT2D eigenvalue weighted by molar-refractivity contribution is 7.99. The van der Waals surface area contributed by atoms with E-state index in [9.17, 15) is 9.50 Å². The molecule has 1 aromatic carbocycles. The van der Waals surface area contributed by atoms with E-state index in [1.54, 1.807) is 6.07 Å². The van der Waals surface area contributed by atoms with E-state index in [0.29, 0.717) is 12.2 Å². The maximum Gasteiger partial charge on any atom is 0.146 e. The summed E-state index contributed by atoms with van der Waals surface area (Å²) in [6, 6.07) is 11.5. The van der Waals surface area contributed by atoms with Crippen molar-refractivity contribution in [1.82, 2.24) is 10.3 Å². The van der Waals surface area contributed by atoms with Crippen molar-refractivity contribution >= 4 is 11.8 Å². The van der Waals surface area contributed by atoms with Crippen LogP contribution in [0.4, 0.5) is 4.39 Å². The number of benzene rings is 1. The maximum atomic E-state index is 14.2. The highest BCUT2D eigenvalue weighted by atomic mass is 32.2. The molecule has 3 rings (SSSR count). The third-order valence-electron chi connectivity index (χ3n) is 4.76. The van der Waals surface area contributed by atoms with Crippen LogP contribution in [-0.4, -0.2) is 28.5 Å². The summed E-state index contributed by atoms with van der Waals surface area (Å²) in [5.74, 6) is 2.01. The summed E-state index contributed by atoms with van der Waals surface area (Å²) in [7, 11) is 0. The zero-order chi connectivity index (χ0) is 18.5. The van der Waals surface area contributed by atoms with Crippen LogP contribution in [0, 0.1) is 17.7 Å². The number of thioether (sulfide) groups is 1. The molecule has 1 aromatic heterocycles. The number of nitrogens with one attached hydrogen (secondary N) is 1. The molecule has 1 saturated carbocycles. The van der Waals surface area contributed by atoms with E-state index >= 15 is 0 Å². The Kier molecular flexibility index (Phi) is 6.68. The van der Waals surface area contributed by atoms with Crippen LogP contribution in [0.15, 0.2) is 41.3 Å². The van der Waals surface area contributed by atoms with Crippen molar-refractivity contribution in [2.24, 2.45) is 11.8 Å².